The molecule has 1 unspecified atom stereocenters. The number of benzene rings is 1. The largest absolute Gasteiger partial charge is 0.339 e. The minimum atomic E-state index is -3.94. The van der Waals surface area contributed by atoms with Gasteiger partial charge in [0.05, 0.1) is 10.2 Å². The number of hydrogen-bond donors (Lipinski definition) is 0. The minimum Gasteiger partial charge on any atom is -0.339 e. The Hall–Kier alpha value is -2.07. The smallest absolute Gasteiger partial charge is 0.263 e. The Morgan fingerprint density at radius 1 is 1.23 bits per heavy atom. The number of sulfone groups is 1. The van der Waals surface area contributed by atoms with Gasteiger partial charge < -0.3 is 9.47 Å². The van der Waals surface area contributed by atoms with Gasteiger partial charge in [0.1, 0.15) is 17.3 Å². The number of likely N-dealkylation sites (tertiary alicyclic amines) is 1. The third-order valence-corrected chi connectivity index (χ3v) is 7.70. The van der Waals surface area contributed by atoms with E-state index < -0.39 is 39.0 Å². The average Bonchev–Trinajstić information content (AvgIpc) is 3.02. The molecule has 2 heterocycles. The summed E-state index contributed by atoms with van der Waals surface area (Å²) in [5.74, 6) is -3.18. The van der Waals surface area contributed by atoms with Crippen molar-refractivity contribution in [2.45, 2.75) is 52.1 Å². The quantitative estimate of drug-likeness (QED) is 0.669. The summed E-state index contributed by atoms with van der Waals surface area (Å²) in [5, 5.41) is 0. The van der Waals surface area contributed by atoms with E-state index in [2.05, 4.69) is 4.99 Å². The van der Waals surface area contributed by atoms with E-state index in [-0.39, 0.29) is 6.04 Å². The summed E-state index contributed by atoms with van der Waals surface area (Å²) in [6.07, 6.45) is 3.55. The highest BCUT2D eigenvalue weighted by Crippen LogP contribution is 2.20. The van der Waals surface area contributed by atoms with Crippen molar-refractivity contribution < 1.29 is 22.4 Å². The second-order valence-electron chi connectivity index (χ2n) is 7.42. The predicted octanol–water partition coefficient (Wildman–Crippen LogP) is 2.50. The number of thiazole rings is 1. The monoisotopic (exact) mass is 455 g/mol. The van der Waals surface area contributed by atoms with Gasteiger partial charge in [0.15, 0.2) is 14.6 Å². The van der Waals surface area contributed by atoms with E-state index in [0.717, 1.165) is 42.5 Å². The van der Waals surface area contributed by atoms with Crippen LogP contribution < -0.4 is 4.80 Å². The molecule has 1 aromatic heterocycles. The fourth-order valence-corrected chi connectivity index (χ4v) is 6.06. The Labute approximate surface area is 179 Å². The molecule has 0 spiro atoms. The van der Waals surface area contributed by atoms with E-state index in [0.29, 0.717) is 22.6 Å². The number of fused-ring (bicyclic) bond motifs is 1. The summed E-state index contributed by atoms with van der Waals surface area (Å²) in [4.78, 5) is 30.8. The molecule has 0 saturated carbocycles. The lowest BCUT2D eigenvalue weighted by Gasteiger charge is -2.35. The molecule has 0 aliphatic carbocycles. The zero-order valence-corrected chi connectivity index (χ0v) is 18.8. The van der Waals surface area contributed by atoms with Crippen molar-refractivity contribution in [1.29, 1.82) is 0 Å². The molecular weight excluding hydrogens is 429 g/mol. The Morgan fingerprint density at radius 3 is 2.70 bits per heavy atom. The van der Waals surface area contributed by atoms with Crippen molar-refractivity contribution >= 4 is 43.2 Å². The van der Waals surface area contributed by atoms with Crippen LogP contribution in [-0.4, -0.2) is 53.8 Å². The topological polar surface area (TPSA) is 88.8 Å². The van der Waals surface area contributed by atoms with Gasteiger partial charge in [-0.15, -0.1) is 0 Å². The third-order valence-electron chi connectivity index (χ3n) is 5.29. The number of halogens is 1. The zero-order chi connectivity index (χ0) is 21.9. The van der Waals surface area contributed by atoms with Crippen LogP contribution in [-0.2, 0) is 26.0 Å². The van der Waals surface area contributed by atoms with Crippen LogP contribution in [0.2, 0.25) is 0 Å². The number of hydrogen-bond acceptors (Lipinski definition) is 5. The number of rotatable bonds is 6. The van der Waals surface area contributed by atoms with Gasteiger partial charge in [0.25, 0.3) is 5.91 Å². The molecule has 2 amide bonds. The van der Waals surface area contributed by atoms with Gasteiger partial charge in [-0.25, -0.2) is 12.8 Å². The molecule has 10 heteroatoms. The van der Waals surface area contributed by atoms with Crippen molar-refractivity contribution in [2.24, 2.45) is 4.99 Å². The van der Waals surface area contributed by atoms with Gasteiger partial charge in [0.2, 0.25) is 5.91 Å². The highest BCUT2D eigenvalue weighted by molar-refractivity contribution is 7.92. The van der Waals surface area contributed by atoms with Gasteiger partial charge in [-0.3, -0.25) is 9.59 Å². The highest BCUT2D eigenvalue weighted by atomic mass is 32.2. The fraction of sp³-hybridized carbons (Fsp3) is 0.550. The first-order valence-corrected chi connectivity index (χ1v) is 12.7. The predicted molar refractivity (Wildman–Crippen MR) is 114 cm³/mol. The molecule has 0 bridgehead atoms. The number of piperidine rings is 1. The van der Waals surface area contributed by atoms with Gasteiger partial charge in [-0.2, -0.15) is 4.99 Å². The second-order valence-corrected chi connectivity index (χ2v) is 10.5. The molecule has 7 nitrogen and oxygen atoms in total. The number of amides is 2. The first kappa shape index (κ1) is 22.6. The summed E-state index contributed by atoms with van der Waals surface area (Å²) in [5.41, 5.74) is 0.726. The van der Waals surface area contributed by atoms with Crippen molar-refractivity contribution in [1.82, 2.24) is 9.47 Å². The Balaban J connectivity index is 1.76. The molecule has 164 valence electrons. The van der Waals surface area contributed by atoms with Crippen molar-refractivity contribution in [3.63, 3.8) is 0 Å². The first-order chi connectivity index (χ1) is 14.2. The number of aryl methyl sites for hydroxylation is 1. The lowest BCUT2D eigenvalue weighted by Crippen LogP contribution is -2.46. The van der Waals surface area contributed by atoms with E-state index in [4.69, 9.17) is 0 Å². The maximum atomic E-state index is 13.5. The maximum Gasteiger partial charge on any atom is 0.263 e. The second kappa shape index (κ2) is 9.38. The summed E-state index contributed by atoms with van der Waals surface area (Å²) in [6.45, 7) is 4.89. The van der Waals surface area contributed by atoms with E-state index in [1.54, 1.807) is 15.5 Å². The number of carbonyl (C=O) groups excluding carboxylic acids is 2. The van der Waals surface area contributed by atoms with Crippen LogP contribution in [0.1, 0.15) is 39.5 Å². The van der Waals surface area contributed by atoms with Crippen LogP contribution in [0, 0.1) is 5.82 Å². The van der Waals surface area contributed by atoms with E-state index in [9.17, 15) is 22.4 Å². The molecule has 0 N–H and O–H groups in total. The van der Waals surface area contributed by atoms with Gasteiger partial charge in [0, 0.05) is 19.1 Å². The van der Waals surface area contributed by atoms with Crippen LogP contribution in [0.25, 0.3) is 10.2 Å². The minimum absolute atomic E-state index is 0.0595. The van der Waals surface area contributed by atoms with Gasteiger partial charge in [-0.05, 0) is 50.8 Å². The summed E-state index contributed by atoms with van der Waals surface area (Å²) in [7, 11) is -3.94. The highest BCUT2D eigenvalue weighted by Gasteiger charge is 2.29. The summed E-state index contributed by atoms with van der Waals surface area (Å²) in [6, 6.07) is 4.34. The third kappa shape index (κ3) is 5.15. The number of carbonyl (C=O) groups is 2. The molecule has 2 aromatic rings. The molecule has 3 rings (SSSR count). The first-order valence-electron chi connectivity index (χ1n) is 10.1. The number of nitrogens with zero attached hydrogens (tertiary/aromatic N) is 3. The maximum absolute atomic E-state index is 13.5. The Morgan fingerprint density at radius 2 is 2.00 bits per heavy atom. The molecule has 1 saturated heterocycles. The molecule has 0 radical (unpaired) electrons. The Bertz CT molecular complexity index is 1120. The van der Waals surface area contributed by atoms with Crippen molar-refractivity contribution in [3.05, 3.63) is 28.8 Å². The molecule has 1 aliphatic rings. The lowest BCUT2D eigenvalue weighted by molar-refractivity contribution is -0.132. The Kier molecular flexibility index (Phi) is 7.07. The molecule has 1 fully saturated rings. The summed E-state index contributed by atoms with van der Waals surface area (Å²) >= 11 is 1.12. The molecular formula is C20H26FN3O4S2. The lowest BCUT2D eigenvalue weighted by atomic mass is 10.0. The number of aromatic nitrogens is 1. The van der Waals surface area contributed by atoms with Crippen LogP contribution in [0.4, 0.5) is 4.39 Å². The molecule has 1 atom stereocenters. The molecule has 30 heavy (non-hydrogen) atoms. The van der Waals surface area contributed by atoms with Gasteiger partial charge in [-0.1, -0.05) is 18.3 Å². The van der Waals surface area contributed by atoms with Crippen molar-refractivity contribution in [3.8, 4) is 0 Å². The SMILES string of the molecule is CCC1CCCCN1C(=O)CS(=O)(=O)CC(=O)N=c1sc2cc(F)ccc2n1CC. The zero-order valence-electron chi connectivity index (χ0n) is 17.1. The van der Waals surface area contributed by atoms with E-state index in [1.807, 2.05) is 13.8 Å². The molecule has 1 aromatic carbocycles. The van der Waals surface area contributed by atoms with E-state index in [1.165, 1.54) is 12.1 Å². The molecule has 1 aliphatic heterocycles. The van der Waals surface area contributed by atoms with Crippen molar-refractivity contribution in [2.75, 3.05) is 18.1 Å². The van der Waals surface area contributed by atoms with Crippen LogP contribution in [0.15, 0.2) is 23.2 Å². The fourth-order valence-electron chi connectivity index (χ4n) is 3.84. The summed E-state index contributed by atoms with van der Waals surface area (Å²) < 4.78 is 40.8. The van der Waals surface area contributed by atoms with Crippen LogP contribution >= 0.6 is 11.3 Å². The van der Waals surface area contributed by atoms with Gasteiger partial charge >= 0.3 is 0 Å². The average molecular weight is 456 g/mol. The van der Waals surface area contributed by atoms with Crippen LogP contribution in [0.3, 0.4) is 0 Å². The van der Waals surface area contributed by atoms with Crippen LogP contribution in [0.5, 0.6) is 0 Å². The normalized spacial score (nSPS) is 18.2. The van der Waals surface area contributed by atoms with E-state index >= 15 is 0 Å². The standard InChI is InChI=1S/C20H26FN3O4S2/c1-3-15-7-5-6-10-24(15)19(26)13-30(27,28)12-18(25)22-20-23(4-2)16-9-8-14(21)11-17(16)29-20/h8-9,11,15H,3-7,10,12-13H2,1-2H3.